The topological polar surface area (TPSA) is 41.1 Å². The van der Waals surface area contributed by atoms with Gasteiger partial charge in [0.2, 0.25) is 9.70 Å². The molecular formula is C14H19Cl3N2O. The fraction of sp³-hybridized carbons (Fsp3) is 0.500. The first kappa shape index (κ1) is 17.4. The lowest BCUT2D eigenvalue weighted by molar-refractivity contribution is -0.122. The third-order valence-corrected chi connectivity index (χ3v) is 3.33. The molecule has 0 heterocycles. The molecule has 0 saturated carbocycles. The second-order valence-corrected chi connectivity index (χ2v) is 7.47. The van der Waals surface area contributed by atoms with Crippen molar-refractivity contribution in [2.45, 2.75) is 37.2 Å². The number of hydrogen-bond acceptors (Lipinski definition) is 2. The molecule has 20 heavy (non-hydrogen) atoms. The highest BCUT2D eigenvalue weighted by Gasteiger charge is 2.34. The Hall–Kier alpha value is -0.640. The van der Waals surface area contributed by atoms with E-state index in [4.69, 9.17) is 34.8 Å². The molecule has 1 amide bonds. The molecule has 1 aromatic carbocycles. The molecule has 3 nitrogen and oxygen atoms in total. The third kappa shape index (κ3) is 5.78. The zero-order valence-corrected chi connectivity index (χ0v) is 14.0. The average Bonchev–Trinajstić information content (AvgIpc) is 2.28. The number of para-hydroxylation sites is 1. The Kier molecular flexibility index (Phi) is 6.44. The van der Waals surface area contributed by atoms with Crippen LogP contribution in [0.25, 0.3) is 0 Å². The first-order chi connectivity index (χ1) is 9.20. The first-order valence-corrected chi connectivity index (χ1v) is 7.51. The van der Waals surface area contributed by atoms with E-state index in [-0.39, 0.29) is 11.8 Å². The van der Waals surface area contributed by atoms with E-state index in [9.17, 15) is 4.79 Å². The standard InChI is InChI=1S/C14H19Cl3N2O/c1-9(2)8-12(20)19-13(14(15,16)17)18-11-7-5-4-6-10(11)3/h4-7,9,13,18H,8H2,1-3H3,(H,19,20). The molecule has 0 bridgehead atoms. The lowest BCUT2D eigenvalue weighted by Crippen LogP contribution is -2.49. The second kappa shape index (κ2) is 7.39. The highest BCUT2D eigenvalue weighted by molar-refractivity contribution is 6.68. The minimum atomic E-state index is -1.64. The molecule has 1 unspecified atom stereocenters. The van der Waals surface area contributed by atoms with Gasteiger partial charge in [0.15, 0.2) is 0 Å². The van der Waals surface area contributed by atoms with Gasteiger partial charge in [0.25, 0.3) is 0 Å². The van der Waals surface area contributed by atoms with Gasteiger partial charge in [-0.25, -0.2) is 0 Å². The van der Waals surface area contributed by atoms with Gasteiger partial charge in [0.05, 0.1) is 0 Å². The van der Waals surface area contributed by atoms with Crippen LogP contribution in [0.4, 0.5) is 5.69 Å². The Morgan fingerprint density at radius 2 is 1.85 bits per heavy atom. The second-order valence-electron chi connectivity index (χ2n) is 5.10. The van der Waals surface area contributed by atoms with E-state index in [1.165, 1.54) is 0 Å². The van der Waals surface area contributed by atoms with Crippen LogP contribution in [0.3, 0.4) is 0 Å². The Labute approximate surface area is 135 Å². The molecule has 0 aromatic heterocycles. The van der Waals surface area contributed by atoms with Crippen molar-refractivity contribution in [2.24, 2.45) is 5.92 Å². The number of halogens is 3. The van der Waals surface area contributed by atoms with Crippen molar-refractivity contribution < 1.29 is 4.79 Å². The lowest BCUT2D eigenvalue weighted by Gasteiger charge is -2.28. The van der Waals surface area contributed by atoms with E-state index < -0.39 is 9.96 Å². The van der Waals surface area contributed by atoms with Gasteiger partial charge < -0.3 is 10.6 Å². The Morgan fingerprint density at radius 1 is 1.25 bits per heavy atom. The predicted octanol–water partition coefficient (Wildman–Crippen LogP) is 4.27. The minimum absolute atomic E-state index is 0.155. The minimum Gasteiger partial charge on any atom is -0.362 e. The van der Waals surface area contributed by atoms with Gasteiger partial charge in [-0.05, 0) is 24.5 Å². The fourth-order valence-corrected chi connectivity index (χ4v) is 2.01. The molecule has 1 rings (SSSR count). The van der Waals surface area contributed by atoms with Gasteiger partial charge in [0.1, 0.15) is 6.17 Å². The fourth-order valence-electron chi connectivity index (χ4n) is 1.68. The van der Waals surface area contributed by atoms with Crippen LogP contribution >= 0.6 is 34.8 Å². The number of hydrogen-bond donors (Lipinski definition) is 2. The number of alkyl halides is 3. The maximum absolute atomic E-state index is 11.9. The van der Waals surface area contributed by atoms with E-state index in [1.54, 1.807) is 0 Å². The van der Waals surface area contributed by atoms with Crippen molar-refractivity contribution in [3.05, 3.63) is 29.8 Å². The van der Waals surface area contributed by atoms with Crippen LogP contribution in [0.1, 0.15) is 25.8 Å². The zero-order chi connectivity index (χ0) is 15.3. The van der Waals surface area contributed by atoms with E-state index in [0.717, 1.165) is 11.3 Å². The normalized spacial score (nSPS) is 13.2. The molecule has 0 spiro atoms. The highest BCUT2D eigenvalue weighted by atomic mass is 35.6. The lowest BCUT2D eigenvalue weighted by atomic mass is 10.1. The number of rotatable bonds is 5. The Bertz CT molecular complexity index is 458. The molecule has 6 heteroatoms. The number of benzene rings is 1. The van der Waals surface area contributed by atoms with Crippen LogP contribution in [-0.2, 0) is 4.79 Å². The summed E-state index contributed by atoms with van der Waals surface area (Å²) < 4.78 is -1.64. The summed E-state index contributed by atoms with van der Waals surface area (Å²) in [6.45, 7) is 5.85. The SMILES string of the molecule is Cc1ccccc1NC(NC(=O)CC(C)C)C(Cl)(Cl)Cl. The molecule has 112 valence electrons. The quantitative estimate of drug-likeness (QED) is 0.622. The van der Waals surface area contributed by atoms with Crippen molar-refractivity contribution in [3.63, 3.8) is 0 Å². The summed E-state index contributed by atoms with van der Waals surface area (Å²) >= 11 is 17.8. The zero-order valence-electron chi connectivity index (χ0n) is 11.7. The van der Waals surface area contributed by atoms with Crippen molar-refractivity contribution in [1.82, 2.24) is 5.32 Å². The molecule has 1 aromatic rings. The summed E-state index contributed by atoms with van der Waals surface area (Å²) in [6.07, 6.45) is -0.410. The molecule has 0 aliphatic carbocycles. The molecule has 0 aliphatic rings. The summed E-state index contributed by atoms with van der Waals surface area (Å²) in [4.78, 5) is 11.9. The summed E-state index contributed by atoms with van der Waals surface area (Å²) in [5, 5.41) is 5.78. The number of aryl methyl sites for hydroxylation is 1. The van der Waals surface area contributed by atoms with Crippen molar-refractivity contribution in [3.8, 4) is 0 Å². The molecule has 0 saturated heterocycles. The van der Waals surface area contributed by atoms with Crippen molar-refractivity contribution >= 4 is 46.4 Å². The smallest absolute Gasteiger partial charge is 0.228 e. The number of amides is 1. The van der Waals surface area contributed by atoms with E-state index in [0.29, 0.717) is 6.42 Å². The van der Waals surface area contributed by atoms with Gasteiger partial charge >= 0.3 is 0 Å². The summed E-state index contributed by atoms with van der Waals surface area (Å²) in [7, 11) is 0. The van der Waals surface area contributed by atoms with Crippen LogP contribution in [-0.4, -0.2) is 15.9 Å². The number of carbonyl (C=O) groups excluding carboxylic acids is 1. The maximum Gasteiger partial charge on any atom is 0.228 e. The highest BCUT2D eigenvalue weighted by Crippen LogP contribution is 2.31. The average molecular weight is 338 g/mol. The third-order valence-electron chi connectivity index (χ3n) is 2.67. The summed E-state index contributed by atoms with van der Waals surface area (Å²) in [5.41, 5.74) is 1.82. The van der Waals surface area contributed by atoms with E-state index >= 15 is 0 Å². The summed E-state index contributed by atoms with van der Waals surface area (Å²) in [5.74, 6) is 0.0851. The predicted molar refractivity (Wildman–Crippen MR) is 86.5 cm³/mol. The van der Waals surface area contributed by atoms with Crippen LogP contribution in [0.5, 0.6) is 0 Å². The number of nitrogens with one attached hydrogen (secondary N) is 2. The molecule has 0 aliphatic heterocycles. The Balaban J connectivity index is 2.81. The summed E-state index contributed by atoms with van der Waals surface area (Å²) in [6, 6.07) is 7.60. The van der Waals surface area contributed by atoms with Gasteiger partial charge in [0, 0.05) is 12.1 Å². The molecule has 0 fully saturated rings. The largest absolute Gasteiger partial charge is 0.362 e. The van der Waals surface area contributed by atoms with Crippen LogP contribution in [0, 0.1) is 12.8 Å². The molecule has 2 N–H and O–H groups in total. The molecule has 1 atom stereocenters. The first-order valence-electron chi connectivity index (χ1n) is 6.38. The maximum atomic E-state index is 11.9. The van der Waals surface area contributed by atoms with Gasteiger partial charge in [-0.15, -0.1) is 0 Å². The molecular weight excluding hydrogens is 319 g/mol. The van der Waals surface area contributed by atoms with Crippen LogP contribution in [0.2, 0.25) is 0 Å². The monoisotopic (exact) mass is 336 g/mol. The van der Waals surface area contributed by atoms with E-state index in [1.807, 2.05) is 45.0 Å². The van der Waals surface area contributed by atoms with Gasteiger partial charge in [-0.3, -0.25) is 4.79 Å². The van der Waals surface area contributed by atoms with Crippen LogP contribution in [0.15, 0.2) is 24.3 Å². The van der Waals surface area contributed by atoms with E-state index in [2.05, 4.69) is 10.6 Å². The van der Waals surface area contributed by atoms with Gasteiger partial charge in [-0.1, -0.05) is 66.8 Å². The van der Waals surface area contributed by atoms with Crippen molar-refractivity contribution in [2.75, 3.05) is 5.32 Å². The Morgan fingerprint density at radius 3 is 2.35 bits per heavy atom. The number of carbonyl (C=O) groups is 1. The van der Waals surface area contributed by atoms with Crippen LogP contribution < -0.4 is 10.6 Å². The number of anilines is 1. The van der Waals surface area contributed by atoms with Gasteiger partial charge in [-0.2, -0.15) is 0 Å². The molecule has 0 radical (unpaired) electrons. The van der Waals surface area contributed by atoms with Crippen molar-refractivity contribution in [1.29, 1.82) is 0 Å².